The van der Waals surface area contributed by atoms with Crippen molar-refractivity contribution >= 4 is 11.8 Å². The summed E-state index contributed by atoms with van der Waals surface area (Å²) < 4.78 is 13.4. The van der Waals surface area contributed by atoms with Gasteiger partial charge in [-0.05, 0) is 49.1 Å². The Hall–Kier alpha value is -2.69. The van der Waals surface area contributed by atoms with Gasteiger partial charge in [0, 0.05) is 18.2 Å². The molecule has 2 amide bonds. The van der Waals surface area contributed by atoms with E-state index in [0.29, 0.717) is 12.1 Å². The molecule has 0 unspecified atom stereocenters. The molecule has 0 heterocycles. The number of aryl methyl sites for hydroxylation is 1. The van der Waals surface area contributed by atoms with E-state index in [0.717, 1.165) is 24.0 Å². The van der Waals surface area contributed by atoms with Crippen LogP contribution in [0.1, 0.15) is 34.3 Å². The van der Waals surface area contributed by atoms with Gasteiger partial charge in [-0.3, -0.25) is 9.59 Å². The van der Waals surface area contributed by atoms with Crippen LogP contribution in [0.4, 0.5) is 4.39 Å². The lowest BCUT2D eigenvalue weighted by Gasteiger charge is -2.23. The van der Waals surface area contributed by atoms with Gasteiger partial charge in [0.25, 0.3) is 5.91 Å². The fourth-order valence-electron chi connectivity index (χ4n) is 2.82. The molecule has 5 heteroatoms. The van der Waals surface area contributed by atoms with Gasteiger partial charge in [-0.25, -0.2) is 4.39 Å². The van der Waals surface area contributed by atoms with E-state index < -0.39 is 0 Å². The molecule has 1 fully saturated rings. The molecule has 0 bridgehead atoms. The molecular formula is C20H21FN2O2. The largest absolute Gasteiger partial charge is 0.343 e. The van der Waals surface area contributed by atoms with E-state index in [1.807, 2.05) is 19.1 Å². The molecule has 130 valence electrons. The average molecular weight is 340 g/mol. The van der Waals surface area contributed by atoms with E-state index in [-0.39, 0.29) is 30.2 Å². The first-order valence-corrected chi connectivity index (χ1v) is 8.42. The Morgan fingerprint density at radius 2 is 1.92 bits per heavy atom. The van der Waals surface area contributed by atoms with E-state index in [4.69, 9.17) is 0 Å². The average Bonchev–Trinajstić information content (AvgIpc) is 3.42. The Morgan fingerprint density at radius 1 is 1.16 bits per heavy atom. The number of hydrogen-bond donors (Lipinski definition) is 1. The first-order chi connectivity index (χ1) is 12.0. The predicted molar refractivity (Wildman–Crippen MR) is 93.5 cm³/mol. The summed E-state index contributed by atoms with van der Waals surface area (Å²) in [5.41, 5.74) is 2.19. The summed E-state index contributed by atoms with van der Waals surface area (Å²) in [7, 11) is 0. The Bertz CT molecular complexity index is 787. The number of nitrogens with one attached hydrogen (secondary N) is 1. The highest BCUT2D eigenvalue weighted by Crippen LogP contribution is 2.28. The number of hydrogen-bond acceptors (Lipinski definition) is 2. The highest BCUT2D eigenvalue weighted by molar-refractivity contribution is 5.97. The predicted octanol–water partition coefficient (Wildman–Crippen LogP) is 3.06. The first kappa shape index (κ1) is 17.1. The molecule has 3 rings (SSSR count). The molecule has 1 aliphatic rings. The lowest BCUT2D eigenvalue weighted by atomic mass is 10.1. The van der Waals surface area contributed by atoms with E-state index in [1.54, 1.807) is 29.2 Å². The summed E-state index contributed by atoms with van der Waals surface area (Å²) in [6.45, 7) is 2.16. The number of carbonyl (C=O) groups excluding carboxylic acids is 2. The van der Waals surface area contributed by atoms with E-state index in [2.05, 4.69) is 5.32 Å². The third kappa shape index (κ3) is 4.44. The number of halogens is 1. The van der Waals surface area contributed by atoms with Crippen molar-refractivity contribution in [2.75, 3.05) is 6.54 Å². The van der Waals surface area contributed by atoms with Crippen LogP contribution in [-0.2, 0) is 11.3 Å². The Balaban J connectivity index is 1.62. The zero-order valence-electron chi connectivity index (χ0n) is 14.2. The van der Waals surface area contributed by atoms with Crippen LogP contribution < -0.4 is 5.32 Å². The van der Waals surface area contributed by atoms with Gasteiger partial charge < -0.3 is 10.2 Å². The smallest absolute Gasteiger partial charge is 0.251 e. The summed E-state index contributed by atoms with van der Waals surface area (Å²) in [5.74, 6) is -0.713. The van der Waals surface area contributed by atoms with Crippen molar-refractivity contribution in [3.8, 4) is 0 Å². The standard InChI is InChI=1S/C20H21FN2O2/c1-14-5-2-3-8-18(14)20(25)22-12-19(24)23(17-9-10-17)13-15-6-4-7-16(21)11-15/h2-8,11,17H,9-10,12-13H2,1H3,(H,22,25). The maximum absolute atomic E-state index is 13.4. The molecular weight excluding hydrogens is 319 g/mol. The van der Waals surface area contributed by atoms with Crippen LogP contribution >= 0.6 is 0 Å². The number of rotatable bonds is 6. The van der Waals surface area contributed by atoms with Gasteiger partial charge in [-0.15, -0.1) is 0 Å². The summed E-state index contributed by atoms with van der Waals surface area (Å²) in [6.07, 6.45) is 1.90. The molecule has 0 atom stereocenters. The molecule has 1 saturated carbocycles. The van der Waals surface area contributed by atoms with Crippen LogP contribution in [0.15, 0.2) is 48.5 Å². The van der Waals surface area contributed by atoms with E-state index in [9.17, 15) is 14.0 Å². The topological polar surface area (TPSA) is 49.4 Å². The maximum atomic E-state index is 13.4. The van der Waals surface area contributed by atoms with Crippen molar-refractivity contribution in [1.29, 1.82) is 0 Å². The lowest BCUT2D eigenvalue weighted by Crippen LogP contribution is -2.41. The van der Waals surface area contributed by atoms with Gasteiger partial charge in [0.2, 0.25) is 5.91 Å². The van der Waals surface area contributed by atoms with E-state index in [1.165, 1.54) is 12.1 Å². The third-order valence-corrected chi connectivity index (χ3v) is 4.34. The zero-order valence-corrected chi connectivity index (χ0v) is 14.2. The van der Waals surface area contributed by atoms with Crippen molar-refractivity contribution in [3.05, 3.63) is 71.0 Å². The molecule has 0 saturated heterocycles. The highest BCUT2D eigenvalue weighted by atomic mass is 19.1. The number of benzene rings is 2. The van der Waals surface area contributed by atoms with Gasteiger partial charge in [0.15, 0.2) is 0 Å². The molecule has 0 aliphatic heterocycles. The minimum atomic E-state index is -0.312. The number of amides is 2. The van der Waals surface area contributed by atoms with Crippen LogP contribution in [0.25, 0.3) is 0 Å². The second-order valence-electron chi connectivity index (χ2n) is 6.38. The van der Waals surface area contributed by atoms with Crippen molar-refractivity contribution < 1.29 is 14.0 Å². The second kappa shape index (κ2) is 7.47. The first-order valence-electron chi connectivity index (χ1n) is 8.42. The monoisotopic (exact) mass is 340 g/mol. The molecule has 2 aromatic rings. The Morgan fingerprint density at radius 3 is 2.60 bits per heavy atom. The fourth-order valence-corrected chi connectivity index (χ4v) is 2.82. The zero-order chi connectivity index (χ0) is 17.8. The fraction of sp³-hybridized carbons (Fsp3) is 0.300. The van der Waals surface area contributed by atoms with Crippen LogP contribution in [0.3, 0.4) is 0 Å². The summed E-state index contributed by atoms with van der Waals surface area (Å²) in [4.78, 5) is 26.5. The van der Waals surface area contributed by atoms with Gasteiger partial charge >= 0.3 is 0 Å². The SMILES string of the molecule is Cc1ccccc1C(=O)NCC(=O)N(Cc1cccc(F)c1)C1CC1. The number of carbonyl (C=O) groups is 2. The third-order valence-electron chi connectivity index (χ3n) is 4.34. The minimum absolute atomic E-state index is 0.0566. The van der Waals surface area contributed by atoms with Gasteiger partial charge in [0.1, 0.15) is 5.82 Å². The lowest BCUT2D eigenvalue weighted by molar-refractivity contribution is -0.131. The number of nitrogens with zero attached hydrogens (tertiary/aromatic N) is 1. The van der Waals surface area contributed by atoms with Gasteiger partial charge in [-0.1, -0.05) is 30.3 Å². The van der Waals surface area contributed by atoms with Crippen LogP contribution in [0.5, 0.6) is 0 Å². The highest BCUT2D eigenvalue weighted by Gasteiger charge is 2.32. The molecule has 0 radical (unpaired) electrons. The van der Waals surface area contributed by atoms with Crippen molar-refractivity contribution in [1.82, 2.24) is 10.2 Å². The van der Waals surface area contributed by atoms with Crippen LogP contribution in [0, 0.1) is 12.7 Å². The van der Waals surface area contributed by atoms with Gasteiger partial charge in [-0.2, -0.15) is 0 Å². The minimum Gasteiger partial charge on any atom is -0.343 e. The van der Waals surface area contributed by atoms with Crippen LogP contribution in [0.2, 0.25) is 0 Å². The molecule has 25 heavy (non-hydrogen) atoms. The molecule has 1 aliphatic carbocycles. The van der Waals surface area contributed by atoms with E-state index >= 15 is 0 Å². The molecule has 0 spiro atoms. The summed E-state index contributed by atoms with van der Waals surface area (Å²) in [6, 6.07) is 13.7. The van der Waals surface area contributed by atoms with Gasteiger partial charge in [0.05, 0.1) is 6.54 Å². The molecule has 1 N–H and O–H groups in total. The summed E-state index contributed by atoms with van der Waals surface area (Å²) >= 11 is 0. The Labute approximate surface area is 146 Å². The van der Waals surface area contributed by atoms with Crippen molar-refractivity contribution in [2.45, 2.75) is 32.4 Å². The van der Waals surface area contributed by atoms with Crippen LogP contribution in [-0.4, -0.2) is 29.3 Å². The molecule has 0 aromatic heterocycles. The van der Waals surface area contributed by atoms with Crippen molar-refractivity contribution in [3.63, 3.8) is 0 Å². The molecule has 4 nitrogen and oxygen atoms in total. The summed E-state index contributed by atoms with van der Waals surface area (Å²) in [5, 5.41) is 2.70. The maximum Gasteiger partial charge on any atom is 0.251 e. The Kier molecular flexibility index (Phi) is 5.12. The quantitative estimate of drug-likeness (QED) is 0.879. The normalized spacial score (nSPS) is 13.4. The van der Waals surface area contributed by atoms with Crippen molar-refractivity contribution in [2.24, 2.45) is 0 Å². The molecule has 2 aromatic carbocycles. The second-order valence-corrected chi connectivity index (χ2v) is 6.38.